The summed E-state index contributed by atoms with van der Waals surface area (Å²) in [5, 5.41) is 2.79. The Labute approximate surface area is 107 Å². The lowest BCUT2D eigenvalue weighted by Crippen LogP contribution is -2.44. The van der Waals surface area contributed by atoms with Crippen LogP contribution >= 0.6 is 11.8 Å². The number of amides is 1. The van der Waals surface area contributed by atoms with Crippen molar-refractivity contribution in [2.75, 3.05) is 25.2 Å². The monoisotopic (exact) mass is 262 g/mol. The fraction of sp³-hybridized carbons (Fsp3) is 0.909. The van der Waals surface area contributed by atoms with Crippen LogP contribution in [0.5, 0.6) is 0 Å². The van der Waals surface area contributed by atoms with Gasteiger partial charge in [0, 0.05) is 6.54 Å². The molecule has 1 rings (SSSR count). The normalized spacial score (nSPS) is 24.6. The van der Waals surface area contributed by atoms with Crippen LogP contribution in [0.4, 0.5) is 0 Å². The minimum Gasteiger partial charge on any atom is -0.352 e. The van der Waals surface area contributed by atoms with Crippen molar-refractivity contribution < 1.29 is 14.3 Å². The van der Waals surface area contributed by atoms with E-state index in [1.165, 1.54) is 0 Å². The van der Waals surface area contributed by atoms with E-state index in [0.717, 1.165) is 5.75 Å². The van der Waals surface area contributed by atoms with Crippen molar-refractivity contribution >= 4 is 17.7 Å². The highest BCUT2D eigenvalue weighted by molar-refractivity contribution is 7.98. The van der Waals surface area contributed by atoms with Crippen LogP contribution in [0.15, 0.2) is 0 Å². The van der Waals surface area contributed by atoms with E-state index in [9.17, 15) is 4.79 Å². The van der Waals surface area contributed by atoms with E-state index in [1.807, 2.05) is 20.1 Å². The molecule has 1 amide bonds. The first kappa shape index (κ1) is 14.8. The van der Waals surface area contributed by atoms with Gasteiger partial charge in [-0.15, -0.1) is 0 Å². The van der Waals surface area contributed by atoms with Gasteiger partial charge in [-0.2, -0.15) is 11.8 Å². The third-order valence-corrected chi connectivity index (χ3v) is 3.18. The van der Waals surface area contributed by atoms with Gasteiger partial charge in [-0.3, -0.25) is 4.79 Å². The lowest BCUT2D eigenvalue weighted by molar-refractivity contribution is -0.139. The molecule has 5 nitrogen and oxygen atoms in total. The van der Waals surface area contributed by atoms with Crippen LogP contribution in [0, 0.1) is 0 Å². The zero-order valence-electron chi connectivity index (χ0n) is 10.7. The number of hydrogen-bond donors (Lipinski definition) is 2. The van der Waals surface area contributed by atoms with Gasteiger partial charge in [-0.1, -0.05) is 0 Å². The maximum absolute atomic E-state index is 11.6. The molecule has 1 aliphatic rings. The summed E-state index contributed by atoms with van der Waals surface area (Å²) in [7, 11) is 0. The molecule has 0 saturated carbocycles. The number of nitrogens with two attached hydrogens (primary N) is 1. The van der Waals surface area contributed by atoms with Crippen molar-refractivity contribution in [2.45, 2.75) is 38.2 Å². The van der Waals surface area contributed by atoms with Crippen LogP contribution in [-0.2, 0) is 14.3 Å². The second kappa shape index (κ2) is 6.58. The number of carbonyl (C=O) groups is 1. The van der Waals surface area contributed by atoms with Crippen molar-refractivity contribution in [2.24, 2.45) is 5.73 Å². The van der Waals surface area contributed by atoms with Crippen molar-refractivity contribution in [3.8, 4) is 0 Å². The van der Waals surface area contributed by atoms with Crippen LogP contribution in [0.1, 0.15) is 20.3 Å². The van der Waals surface area contributed by atoms with E-state index in [2.05, 4.69) is 5.32 Å². The van der Waals surface area contributed by atoms with Crippen molar-refractivity contribution in [1.29, 1.82) is 0 Å². The highest BCUT2D eigenvalue weighted by atomic mass is 32.2. The number of thioether (sulfide) groups is 1. The lowest BCUT2D eigenvalue weighted by atomic mass is 10.2. The molecule has 0 aromatic carbocycles. The van der Waals surface area contributed by atoms with E-state index in [1.54, 1.807) is 11.8 Å². The van der Waals surface area contributed by atoms with Crippen molar-refractivity contribution in [3.63, 3.8) is 0 Å². The van der Waals surface area contributed by atoms with Gasteiger partial charge in [0.25, 0.3) is 0 Å². The Morgan fingerprint density at radius 1 is 1.65 bits per heavy atom. The molecule has 1 unspecified atom stereocenters. The summed E-state index contributed by atoms with van der Waals surface area (Å²) in [6.45, 7) is 4.68. The zero-order chi connectivity index (χ0) is 12.9. The second-order valence-corrected chi connectivity index (χ2v) is 5.57. The van der Waals surface area contributed by atoms with Crippen LogP contribution in [0.2, 0.25) is 0 Å². The Hall–Kier alpha value is -0.300. The molecular weight excluding hydrogens is 240 g/mol. The van der Waals surface area contributed by atoms with Gasteiger partial charge in [0.05, 0.1) is 12.6 Å². The van der Waals surface area contributed by atoms with Crippen molar-refractivity contribution in [1.82, 2.24) is 5.32 Å². The molecule has 1 heterocycles. The lowest BCUT2D eigenvalue weighted by Gasteiger charge is -2.18. The molecule has 17 heavy (non-hydrogen) atoms. The molecule has 0 spiro atoms. The average molecular weight is 262 g/mol. The van der Waals surface area contributed by atoms with E-state index >= 15 is 0 Å². The Balaban J connectivity index is 2.20. The topological polar surface area (TPSA) is 73.6 Å². The van der Waals surface area contributed by atoms with E-state index in [4.69, 9.17) is 15.2 Å². The molecule has 0 aliphatic carbocycles. The summed E-state index contributed by atoms with van der Waals surface area (Å²) in [5.74, 6) is 0.230. The first-order chi connectivity index (χ1) is 7.94. The average Bonchev–Trinajstić information content (AvgIpc) is 2.62. The number of ether oxygens (including phenoxy) is 2. The Morgan fingerprint density at radius 2 is 2.35 bits per heavy atom. The van der Waals surface area contributed by atoms with Crippen LogP contribution in [-0.4, -0.2) is 49.0 Å². The molecule has 100 valence electrons. The summed E-state index contributed by atoms with van der Waals surface area (Å²) in [4.78, 5) is 11.6. The highest BCUT2D eigenvalue weighted by Gasteiger charge is 2.32. The first-order valence-corrected chi connectivity index (χ1v) is 7.18. The van der Waals surface area contributed by atoms with E-state index < -0.39 is 11.8 Å². The molecule has 0 radical (unpaired) electrons. The summed E-state index contributed by atoms with van der Waals surface area (Å²) in [6, 6.07) is -0.433. The SMILES string of the molecule is CSCC[C@H](N)C(=O)NCC1COC(C)(C)O1. The molecule has 0 aromatic rings. The van der Waals surface area contributed by atoms with Crippen LogP contribution in [0.25, 0.3) is 0 Å². The molecule has 1 saturated heterocycles. The number of rotatable bonds is 6. The fourth-order valence-electron chi connectivity index (χ4n) is 1.59. The molecule has 2 atom stereocenters. The van der Waals surface area contributed by atoms with E-state index in [-0.39, 0.29) is 12.0 Å². The Bertz CT molecular complexity index is 261. The first-order valence-electron chi connectivity index (χ1n) is 5.78. The minimum atomic E-state index is -0.545. The summed E-state index contributed by atoms with van der Waals surface area (Å²) in [5.41, 5.74) is 5.74. The van der Waals surface area contributed by atoms with Gasteiger partial charge in [0.2, 0.25) is 5.91 Å². The third-order valence-electron chi connectivity index (χ3n) is 2.54. The van der Waals surface area contributed by atoms with Gasteiger partial charge in [-0.05, 0) is 32.3 Å². The smallest absolute Gasteiger partial charge is 0.237 e. The van der Waals surface area contributed by atoms with Crippen LogP contribution in [0.3, 0.4) is 0 Å². The maximum atomic E-state index is 11.6. The van der Waals surface area contributed by atoms with Gasteiger partial charge in [-0.25, -0.2) is 0 Å². The molecule has 3 N–H and O–H groups in total. The summed E-state index contributed by atoms with van der Waals surface area (Å²) < 4.78 is 11.0. The predicted octanol–water partition coefficient (Wildman–Crippen LogP) is 0.335. The predicted molar refractivity (Wildman–Crippen MR) is 68.9 cm³/mol. The van der Waals surface area contributed by atoms with Gasteiger partial charge >= 0.3 is 0 Å². The summed E-state index contributed by atoms with van der Waals surface area (Å²) in [6.07, 6.45) is 2.61. The highest BCUT2D eigenvalue weighted by Crippen LogP contribution is 2.21. The molecule has 1 aliphatic heterocycles. The van der Waals surface area contributed by atoms with E-state index in [0.29, 0.717) is 19.6 Å². The zero-order valence-corrected chi connectivity index (χ0v) is 11.5. The number of hydrogen-bond acceptors (Lipinski definition) is 5. The van der Waals surface area contributed by atoms with Crippen LogP contribution < -0.4 is 11.1 Å². The number of nitrogens with one attached hydrogen (secondary N) is 1. The Morgan fingerprint density at radius 3 is 2.88 bits per heavy atom. The summed E-state index contributed by atoms with van der Waals surface area (Å²) >= 11 is 1.69. The van der Waals surface area contributed by atoms with Gasteiger partial charge < -0.3 is 20.5 Å². The van der Waals surface area contributed by atoms with Crippen molar-refractivity contribution in [3.05, 3.63) is 0 Å². The Kier molecular flexibility index (Phi) is 5.72. The minimum absolute atomic E-state index is 0.0818. The quantitative estimate of drug-likeness (QED) is 0.722. The third kappa shape index (κ3) is 5.25. The molecular formula is C11H22N2O3S. The largest absolute Gasteiger partial charge is 0.352 e. The van der Waals surface area contributed by atoms with Gasteiger partial charge in [0.15, 0.2) is 5.79 Å². The van der Waals surface area contributed by atoms with Gasteiger partial charge in [0.1, 0.15) is 6.10 Å². The fourth-order valence-corrected chi connectivity index (χ4v) is 2.07. The number of carbonyl (C=O) groups excluding carboxylic acids is 1. The molecule has 1 fully saturated rings. The molecule has 0 aromatic heterocycles. The maximum Gasteiger partial charge on any atom is 0.237 e. The standard InChI is InChI=1S/C11H22N2O3S/c1-11(2)15-7-8(16-11)6-13-10(14)9(12)4-5-17-3/h8-9H,4-7,12H2,1-3H3,(H,13,14)/t8?,9-/m0/s1. The molecule has 6 heteroatoms. The molecule has 0 bridgehead atoms. The second-order valence-electron chi connectivity index (χ2n) is 4.58.